The van der Waals surface area contributed by atoms with Crippen molar-refractivity contribution in [1.29, 1.82) is 0 Å². The summed E-state index contributed by atoms with van der Waals surface area (Å²) in [6.45, 7) is 6.98. The van der Waals surface area contributed by atoms with E-state index in [0.29, 0.717) is 18.0 Å². The van der Waals surface area contributed by atoms with Crippen molar-refractivity contribution >= 4 is 0 Å². The van der Waals surface area contributed by atoms with E-state index in [0.717, 1.165) is 18.1 Å². The molecule has 1 unspecified atom stereocenters. The maximum Gasteiger partial charge on any atom is 0.138 e. The lowest BCUT2D eigenvalue weighted by molar-refractivity contribution is 0.168. The second-order valence-corrected chi connectivity index (χ2v) is 5.18. The van der Waals surface area contributed by atoms with Crippen LogP contribution >= 0.6 is 0 Å². The van der Waals surface area contributed by atoms with Crippen molar-refractivity contribution in [2.45, 2.75) is 39.8 Å². The molecule has 0 fully saturated rings. The first-order chi connectivity index (χ1) is 9.06. The first-order valence-corrected chi connectivity index (χ1v) is 6.54. The third kappa shape index (κ3) is 3.61. The number of hydrogen-bond acceptors (Lipinski definition) is 4. The van der Waals surface area contributed by atoms with Gasteiger partial charge < -0.3 is 5.11 Å². The summed E-state index contributed by atoms with van der Waals surface area (Å²) in [4.78, 5) is 8.56. The molecule has 5 nitrogen and oxygen atoms in total. The molecule has 0 aromatic carbocycles. The zero-order valence-electron chi connectivity index (χ0n) is 11.6. The van der Waals surface area contributed by atoms with Crippen molar-refractivity contribution in [1.82, 2.24) is 19.7 Å². The first-order valence-electron chi connectivity index (χ1n) is 6.54. The average molecular weight is 260 g/mol. The van der Waals surface area contributed by atoms with Crippen molar-refractivity contribution in [2.24, 2.45) is 5.92 Å². The van der Waals surface area contributed by atoms with Crippen molar-refractivity contribution in [3.63, 3.8) is 0 Å². The van der Waals surface area contributed by atoms with Gasteiger partial charge in [-0.1, -0.05) is 19.9 Å². The lowest BCUT2D eigenvalue weighted by Crippen LogP contribution is -2.14. The molecule has 0 aliphatic carbocycles. The van der Waals surface area contributed by atoms with Gasteiger partial charge in [-0.05, 0) is 25.0 Å². The Bertz CT molecular complexity index is 536. The summed E-state index contributed by atoms with van der Waals surface area (Å²) in [6, 6.07) is 5.65. The van der Waals surface area contributed by atoms with E-state index >= 15 is 0 Å². The normalized spacial score (nSPS) is 12.9. The monoisotopic (exact) mass is 260 g/mol. The van der Waals surface area contributed by atoms with Gasteiger partial charge in [0.2, 0.25) is 0 Å². The van der Waals surface area contributed by atoms with Crippen LogP contribution in [0, 0.1) is 12.8 Å². The van der Waals surface area contributed by atoms with E-state index in [1.54, 1.807) is 0 Å². The molecule has 2 aromatic rings. The Balaban J connectivity index is 2.10. The molecule has 2 heterocycles. The molecule has 102 valence electrons. The van der Waals surface area contributed by atoms with E-state index in [4.69, 9.17) is 0 Å². The minimum Gasteiger partial charge on any atom is -0.386 e. The highest BCUT2D eigenvalue weighted by molar-refractivity contribution is 5.13. The van der Waals surface area contributed by atoms with Gasteiger partial charge in [0.05, 0.1) is 5.69 Å². The molecule has 0 aliphatic rings. The highest BCUT2D eigenvalue weighted by Crippen LogP contribution is 2.16. The molecule has 5 heteroatoms. The summed E-state index contributed by atoms with van der Waals surface area (Å²) in [7, 11) is 0. The van der Waals surface area contributed by atoms with Crippen LogP contribution in [0.2, 0.25) is 0 Å². The molecule has 2 rings (SSSR count). The van der Waals surface area contributed by atoms with Crippen molar-refractivity contribution in [3.8, 4) is 0 Å². The Morgan fingerprint density at radius 2 is 2.11 bits per heavy atom. The van der Waals surface area contributed by atoms with E-state index in [9.17, 15) is 5.11 Å². The van der Waals surface area contributed by atoms with Gasteiger partial charge in [-0.3, -0.25) is 4.98 Å². The highest BCUT2D eigenvalue weighted by atomic mass is 16.3. The van der Waals surface area contributed by atoms with Crippen LogP contribution in [-0.4, -0.2) is 24.9 Å². The van der Waals surface area contributed by atoms with Gasteiger partial charge in [-0.25, -0.2) is 9.67 Å². The number of rotatable bonds is 5. The van der Waals surface area contributed by atoms with Gasteiger partial charge >= 0.3 is 0 Å². The fourth-order valence-electron chi connectivity index (χ4n) is 1.97. The van der Waals surface area contributed by atoms with Crippen LogP contribution in [0.4, 0.5) is 0 Å². The Morgan fingerprint density at radius 1 is 1.32 bits per heavy atom. The summed E-state index contributed by atoms with van der Waals surface area (Å²) < 4.78 is 1.85. The average Bonchev–Trinajstić information content (AvgIpc) is 2.75. The van der Waals surface area contributed by atoms with Gasteiger partial charge in [0, 0.05) is 18.7 Å². The Labute approximate surface area is 113 Å². The summed E-state index contributed by atoms with van der Waals surface area (Å²) in [5.74, 6) is 1.29. The van der Waals surface area contributed by atoms with Crippen LogP contribution in [-0.2, 0) is 13.0 Å². The molecule has 0 saturated heterocycles. The van der Waals surface area contributed by atoms with Crippen molar-refractivity contribution in [2.75, 3.05) is 0 Å². The van der Waals surface area contributed by atoms with E-state index in [1.165, 1.54) is 6.33 Å². The molecule has 0 aliphatic heterocycles. The maximum atomic E-state index is 10.2. The van der Waals surface area contributed by atoms with Crippen LogP contribution in [0.3, 0.4) is 0 Å². The largest absolute Gasteiger partial charge is 0.386 e. The summed E-state index contributed by atoms with van der Waals surface area (Å²) in [6.07, 6.45) is 1.33. The predicted octanol–water partition coefficient (Wildman–Crippen LogP) is 1.91. The van der Waals surface area contributed by atoms with Crippen LogP contribution in [0.1, 0.15) is 37.2 Å². The molecule has 19 heavy (non-hydrogen) atoms. The van der Waals surface area contributed by atoms with Gasteiger partial charge in [-0.15, -0.1) is 0 Å². The number of hydrogen-bond donors (Lipinski definition) is 1. The van der Waals surface area contributed by atoms with E-state index in [2.05, 4.69) is 28.9 Å². The van der Waals surface area contributed by atoms with Crippen LogP contribution in [0.25, 0.3) is 0 Å². The predicted molar refractivity (Wildman–Crippen MR) is 72.5 cm³/mol. The number of aromatic nitrogens is 4. The fourth-order valence-corrected chi connectivity index (χ4v) is 1.97. The van der Waals surface area contributed by atoms with Gasteiger partial charge in [0.15, 0.2) is 0 Å². The van der Waals surface area contributed by atoms with Gasteiger partial charge in [0.1, 0.15) is 18.3 Å². The second kappa shape index (κ2) is 5.93. The Kier molecular flexibility index (Phi) is 4.27. The third-order valence-electron chi connectivity index (χ3n) is 2.86. The highest BCUT2D eigenvalue weighted by Gasteiger charge is 2.15. The Hall–Kier alpha value is -1.75. The topological polar surface area (TPSA) is 63.8 Å². The quantitative estimate of drug-likeness (QED) is 0.892. The zero-order valence-corrected chi connectivity index (χ0v) is 11.6. The number of nitrogens with zero attached hydrogens (tertiary/aromatic N) is 4. The molecule has 0 radical (unpaired) electrons. The van der Waals surface area contributed by atoms with Gasteiger partial charge in [0.25, 0.3) is 0 Å². The maximum absolute atomic E-state index is 10.2. The van der Waals surface area contributed by atoms with E-state index in [-0.39, 0.29) is 0 Å². The van der Waals surface area contributed by atoms with Crippen molar-refractivity contribution < 1.29 is 5.11 Å². The van der Waals surface area contributed by atoms with Gasteiger partial charge in [-0.2, -0.15) is 5.10 Å². The molecule has 1 atom stereocenters. The smallest absolute Gasteiger partial charge is 0.138 e. The SMILES string of the molecule is Cc1cccc(C(O)Cc2ncnn2CC(C)C)n1. The lowest BCUT2D eigenvalue weighted by atomic mass is 10.1. The lowest BCUT2D eigenvalue weighted by Gasteiger charge is -2.12. The summed E-state index contributed by atoms with van der Waals surface area (Å²) in [5, 5.41) is 14.4. The molecule has 0 bridgehead atoms. The van der Waals surface area contributed by atoms with E-state index < -0.39 is 6.10 Å². The molecule has 0 saturated carbocycles. The van der Waals surface area contributed by atoms with Crippen LogP contribution < -0.4 is 0 Å². The summed E-state index contributed by atoms with van der Waals surface area (Å²) in [5.41, 5.74) is 1.58. The minimum atomic E-state index is -0.644. The number of aryl methyl sites for hydroxylation is 1. The number of aliphatic hydroxyl groups excluding tert-OH is 1. The fraction of sp³-hybridized carbons (Fsp3) is 0.500. The molecule has 0 spiro atoms. The zero-order chi connectivity index (χ0) is 13.8. The van der Waals surface area contributed by atoms with Crippen LogP contribution in [0.15, 0.2) is 24.5 Å². The molecule has 1 N–H and O–H groups in total. The van der Waals surface area contributed by atoms with Crippen LogP contribution in [0.5, 0.6) is 0 Å². The number of aliphatic hydroxyl groups is 1. The van der Waals surface area contributed by atoms with Crippen molar-refractivity contribution in [3.05, 3.63) is 41.7 Å². The minimum absolute atomic E-state index is 0.434. The molecular weight excluding hydrogens is 240 g/mol. The number of pyridine rings is 1. The van der Waals surface area contributed by atoms with E-state index in [1.807, 2.05) is 29.8 Å². The summed E-state index contributed by atoms with van der Waals surface area (Å²) >= 11 is 0. The second-order valence-electron chi connectivity index (χ2n) is 5.18. The first kappa shape index (κ1) is 13.7. The molecular formula is C14H20N4O. The molecule has 0 amide bonds. The Morgan fingerprint density at radius 3 is 2.79 bits per heavy atom. The molecule has 2 aromatic heterocycles. The standard InChI is InChI=1S/C14H20N4O/c1-10(2)8-18-14(15-9-16-18)7-13(19)12-6-4-5-11(3)17-12/h4-6,9-10,13,19H,7-8H2,1-3H3. The third-order valence-corrected chi connectivity index (χ3v) is 2.86.